The van der Waals surface area contributed by atoms with Gasteiger partial charge in [-0.3, -0.25) is 4.79 Å². The molecule has 3 nitrogen and oxygen atoms in total. The first-order valence-corrected chi connectivity index (χ1v) is 4.72. The molecule has 13 heavy (non-hydrogen) atoms. The highest BCUT2D eigenvalue weighted by Crippen LogP contribution is 2.49. The van der Waals surface area contributed by atoms with Crippen molar-refractivity contribution in [1.29, 1.82) is 0 Å². The van der Waals surface area contributed by atoms with Crippen LogP contribution in [0.25, 0.3) is 0 Å². The topological polar surface area (TPSA) is 32.3 Å². The predicted molar refractivity (Wildman–Crippen MR) is 47.1 cm³/mol. The molecule has 0 atom stereocenters. The maximum absolute atomic E-state index is 12.6. The zero-order valence-corrected chi connectivity index (χ0v) is 7.85. The summed E-state index contributed by atoms with van der Waals surface area (Å²) in [5.41, 5.74) is 0.169. The summed E-state index contributed by atoms with van der Waals surface area (Å²) in [7, 11) is 1.76. The lowest BCUT2D eigenvalue weighted by atomic mass is 9.62. The maximum Gasteiger partial charge on any atom is 0.236 e. The van der Waals surface area contributed by atoms with Gasteiger partial charge in [0, 0.05) is 18.5 Å². The minimum atomic E-state index is -0.610. The van der Waals surface area contributed by atoms with Gasteiger partial charge in [0.25, 0.3) is 0 Å². The molecule has 0 unspecified atom stereocenters. The van der Waals surface area contributed by atoms with Crippen molar-refractivity contribution < 1.29 is 9.18 Å². The summed E-state index contributed by atoms with van der Waals surface area (Å²) < 4.78 is 12.6. The lowest BCUT2D eigenvalue weighted by Crippen LogP contribution is -2.65. The predicted octanol–water partition coefficient (Wildman–Crippen LogP) is 0.166. The molecule has 1 heterocycles. The molecular weight excluding hydrogens is 171 g/mol. The van der Waals surface area contributed by atoms with Gasteiger partial charge in [-0.05, 0) is 19.9 Å². The lowest BCUT2D eigenvalue weighted by Gasteiger charge is -2.57. The molecule has 1 saturated carbocycles. The van der Waals surface area contributed by atoms with Gasteiger partial charge in [0.15, 0.2) is 0 Å². The molecule has 2 aliphatic rings. The Morgan fingerprint density at radius 3 is 2.69 bits per heavy atom. The van der Waals surface area contributed by atoms with Crippen LogP contribution in [-0.2, 0) is 4.79 Å². The molecule has 0 radical (unpaired) electrons. The van der Waals surface area contributed by atoms with Crippen molar-refractivity contribution in [1.82, 2.24) is 10.2 Å². The Hall–Kier alpha value is -0.640. The van der Waals surface area contributed by atoms with Crippen LogP contribution in [0.3, 0.4) is 0 Å². The molecule has 4 heteroatoms. The Bertz CT molecular complexity index is 218. The van der Waals surface area contributed by atoms with Gasteiger partial charge in [0.1, 0.15) is 6.17 Å². The number of rotatable bonds is 2. The van der Waals surface area contributed by atoms with E-state index < -0.39 is 6.17 Å². The fraction of sp³-hybridized carbons (Fsp3) is 0.889. The van der Waals surface area contributed by atoms with Crippen LogP contribution in [0, 0.1) is 5.41 Å². The first-order valence-electron chi connectivity index (χ1n) is 4.72. The molecule has 1 aliphatic carbocycles. The fourth-order valence-corrected chi connectivity index (χ4v) is 2.34. The average Bonchev–Trinajstić information content (AvgIpc) is 1.94. The first kappa shape index (κ1) is 8.94. The van der Waals surface area contributed by atoms with E-state index in [2.05, 4.69) is 5.32 Å². The van der Waals surface area contributed by atoms with Gasteiger partial charge in [0.05, 0.1) is 6.54 Å². The Kier molecular flexibility index (Phi) is 2.02. The summed E-state index contributed by atoms with van der Waals surface area (Å²) in [5, 5.41) is 2.82. The van der Waals surface area contributed by atoms with Gasteiger partial charge in [-0.1, -0.05) is 0 Å². The zero-order chi connectivity index (χ0) is 9.47. The second kappa shape index (κ2) is 2.94. The van der Waals surface area contributed by atoms with Gasteiger partial charge < -0.3 is 10.2 Å². The van der Waals surface area contributed by atoms with Crippen LogP contribution in [0.4, 0.5) is 4.39 Å². The van der Waals surface area contributed by atoms with E-state index in [1.54, 1.807) is 7.05 Å². The van der Waals surface area contributed by atoms with Crippen molar-refractivity contribution in [2.24, 2.45) is 5.41 Å². The van der Waals surface area contributed by atoms with E-state index >= 15 is 0 Å². The summed E-state index contributed by atoms with van der Waals surface area (Å²) in [4.78, 5) is 13.1. The van der Waals surface area contributed by atoms with E-state index in [-0.39, 0.29) is 11.3 Å². The molecule has 1 saturated heterocycles. The number of likely N-dealkylation sites (N-methyl/N-ethyl adjacent to an activating group) is 1. The van der Waals surface area contributed by atoms with Crippen molar-refractivity contribution in [3.8, 4) is 0 Å². The SMILES string of the molecule is CNCC(=O)N1CC2(CC(F)C2)C1. The van der Waals surface area contributed by atoms with Gasteiger partial charge in [0.2, 0.25) is 5.91 Å². The highest BCUT2D eigenvalue weighted by Gasteiger charge is 2.53. The largest absolute Gasteiger partial charge is 0.340 e. The van der Waals surface area contributed by atoms with Crippen LogP contribution in [0.2, 0.25) is 0 Å². The third kappa shape index (κ3) is 1.43. The monoisotopic (exact) mass is 186 g/mol. The van der Waals surface area contributed by atoms with Crippen molar-refractivity contribution in [3.63, 3.8) is 0 Å². The van der Waals surface area contributed by atoms with E-state index in [4.69, 9.17) is 0 Å². The Morgan fingerprint density at radius 2 is 2.23 bits per heavy atom. The molecule has 2 rings (SSSR count). The first-order chi connectivity index (χ1) is 6.15. The number of likely N-dealkylation sites (tertiary alicyclic amines) is 1. The second-order valence-electron chi connectivity index (χ2n) is 4.29. The summed E-state index contributed by atoms with van der Waals surface area (Å²) in [6.07, 6.45) is 0.716. The van der Waals surface area contributed by atoms with Crippen LogP contribution in [0.1, 0.15) is 12.8 Å². The molecular formula is C9H15FN2O. The number of hydrogen-bond acceptors (Lipinski definition) is 2. The normalized spacial score (nSPS) is 25.5. The summed E-state index contributed by atoms with van der Waals surface area (Å²) in [5.74, 6) is 0.135. The molecule has 1 amide bonds. The molecule has 0 aromatic heterocycles. The number of halogens is 1. The van der Waals surface area contributed by atoms with E-state index in [0.29, 0.717) is 19.4 Å². The molecule has 0 aromatic rings. The van der Waals surface area contributed by atoms with Gasteiger partial charge in [-0.25, -0.2) is 4.39 Å². The highest BCUT2D eigenvalue weighted by atomic mass is 19.1. The molecule has 74 valence electrons. The number of nitrogens with one attached hydrogen (secondary N) is 1. The molecule has 2 fully saturated rings. The quantitative estimate of drug-likeness (QED) is 0.666. The van der Waals surface area contributed by atoms with Gasteiger partial charge in [-0.15, -0.1) is 0 Å². The van der Waals surface area contributed by atoms with Crippen LogP contribution in [0.15, 0.2) is 0 Å². The number of carbonyl (C=O) groups is 1. The van der Waals surface area contributed by atoms with E-state index in [1.165, 1.54) is 0 Å². The van der Waals surface area contributed by atoms with Crippen molar-refractivity contribution in [3.05, 3.63) is 0 Å². The summed E-state index contributed by atoms with van der Waals surface area (Å²) in [6.45, 7) is 1.94. The third-order valence-electron chi connectivity index (χ3n) is 3.04. The van der Waals surface area contributed by atoms with E-state index in [1.807, 2.05) is 4.90 Å². The number of amides is 1. The Labute approximate surface area is 77.3 Å². The van der Waals surface area contributed by atoms with E-state index in [9.17, 15) is 9.18 Å². The van der Waals surface area contributed by atoms with Crippen molar-refractivity contribution in [2.75, 3.05) is 26.7 Å². The van der Waals surface area contributed by atoms with Crippen LogP contribution < -0.4 is 5.32 Å². The van der Waals surface area contributed by atoms with Crippen LogP contribution >= 0.6 is 0 Å². The molecule has 1 N–H and O–H groups in total. The highest BCUT2D eigenvalue weighted by molar-refractivity contribution is 5.79. The number of nitrogens with zero attached hydrogens (tertiary/aromatic N) is 1. The average molecular weight is 186 g/mol. The standard InChI is InChI=1S/C9H15FN2O/c1-11-4-8(13)12-5-9(6-12)2-7(10)3-9/h7,11H,2-6H2,1H3. The van der Waals surface area contributed by atoms with Gasteiger partial charge in [-0.2, -0.15) is 0 Å². The van der Waals surface area contributed by atoms with Crippen LogP contribution in [-0.4, -0.2) is 43.7 Å². The second-order valence-corrected chi connectivity index (χ2v) is 4.29. The molecule has 0 bridgehead atoms. The number of carbonyl (C=O) groups excluding carboxylic acids is 1. The lowest BCUT2D eigenvalue weighted by molar-refractivity contribution is -0.155. The Morgan fingerprint density at radius 1 is 1.62 bits per heavy atom. The van der Waals surface area contributed by atoms with E-state index in [0.717, 1.165) is 13.1 Å². The Balaban J connectivity index is 1.75. The third-order valence-corrected chi connectivity index (χ3v) is 3.04. The number of alkyl halides is 1. The van der Waals surface area contributed by atoms with Gasteiger partial charge >= 0.3 is 0 Å². The van der Waals surface area contributed by atoms with Crippen molar-refractivity contribution in [2.45, 2.75) is 19.0 Å². The minimum Gasteiger partial charge on any atom is -0.340 e. The minimum absolute atomic E-state index is 0.135. The molecule has 1 spiro atoms. The zero-order valence-electron chi connectivity index (χ0n) is 7.85. The molecule has 1 aliphatic heterocycles. The van der Waals surface area contributed by atoms with Crippen LogP contribution in [0.5, 0.6) is 0 Å². The fourth-order valence-electron chi connectivity index (χ4n) is 2.34. The smallest absolute Gasteiger partial charge is 0.236 e. The number of hydrogen-bond donors (Lipinski definition) is 1. The summed E-state index contributed by atoms with van der Waals surface area (Å²) >= 11 is 0. The summed E-state index contributed by atoms with van der Waals surface area (Å²) in [6, 6.07) is 0. The molecule has 0 aromatic carbocycles. The van der Waals surface area contributed by atoms with Crippen molar-refractivity contribution >= 4 is 5.91 Å². The maximum atomic E-state index is 12.6.